The zero-order valence-electron chi connectivity index (χ0n) is 9.39. The lowest BCUT2D eigenvalue weighted by Crippen LogP contribution is -2.20. The third-order valence-corrected chi connectivity index (χ3v) is 3.63. The van der Waals surface area contributed by atoms with E-state index >= 15 is 0 Å². The van der Waals surface area contributed by atoms with Gasteiger partial charge in [0, 0.05) is 4.47 Å². The molecule has 1 aromatic carbocycles. The number of hydrogen-bond donors (Lipinski definition) is 1. The number of carbonyl (C=O) groups excluding carboxylic acids is 1. The summed E-state index contributed by atoms with van der Waals surface area (Å²) in [5, 5.41) is 3.31. The van der Waals surface area contributed by atoms with Gasteiger partial charge in [-0.2, -0.15) is 0 Å². The molecule has 0 radical (unpaired) electrons. The smallest absolute Gasteiger partial charge is 0.250 e. The molecule has 1 N–H and O–H groups in total. The van der Waals surface area contributed by atoms with Crippen molar-refractivity contribution >= 4 is 50.7 Å². The van der Waals surface area contributed by atoms with Gasteiger partial charge in [-0.05, 0) is 41.9 Å². The van der Waals surface area contributed by atoms with Gasteiger partial charge in [-0.3, -0.25) is 4.79 Å². The van der Waals surface area contributed by atoms with Gasteiger partial charge in [0.15, 0.2) is 0 Å². The minimum absolute atomic E-state index is 0.00438. The van der Waals surface area contributed by atoms with E-state index in [1.54, 1.807) is 12.1 Å². The highest BCUT2D eigenvalue weighted by atomic mass is 79.9. The van der Waals surface area contributed by atoms with Gasteiger partial charge in [-0.25, -0.2) is 0 Å². The van der Waals surface area contributed by atoms with Crippen LogP contribution >= 0.6 is 39.1 Å². The van der Waals surface area contributed by atoms with Crippen LogP contribution in [-0.2, 0) is 9.53 Å². The Labute approximate surface area is 119 Å². The summed E-state index contributed by atoms with van der Waals surface area (Å²) in [6.45, 7) is 3.70. The average Bonchev–Trinajstić information content (AvgIpc) is 2.27. The van der Waals surface area contributed by atoms with Crippen molar-refractivity contribution in [3.8, 4) is 0 Å². The van der Waals surface area contributed by atoms with Crippen LogP contribution in [0.5, 0.6) is 0 Å². The molecule has 94 valence electrons. The van der Waals surface area contributed by atoms with E-state index in [4.69, 9.17) is 27.9 Å². The number of nitrogens with one attached hydrogen (secondary N) is 1. The highest BCUT2D eigenvalue weighted by Gasteiger charge is 2.11. The van der Waals surface area contributed by atoms with Crippen molar-refractivity contribution in [2.75, 3.05) is 11.9 Å². The van der Waals surface area contributed by atoms with Crippen molar-refractivity contribution in [1.82, 2.24) is 0 Å². The van der Waals surface area contributed by atoms with Crippen LogP contribution in [0.25, 0.3) is 0 Å². The Morgan fingerprint density at radius 2 is 2.06 bits per heavy atom. The van der Waals surface area contributed by atoms with Gasteiger partial charge < -0.3 is 10.1 Å². The number of halogens is 3. The molecule has 0 spiro atoms. The van der Waals surface area contributed by atoms with Gasteiger partial charge in [0.25, 0.3) is 0 Å². The Morgan fingerprint density at radius 1 is 1.41 bits per heavy atom. The quantitative estimate of drug-likeness (QED) is 0.837. The Morgan fingerprint density at radius 3 is 2.65 bits per heavy atom. The SMILES string of the molecule is CC(C)OCC(=O)Nc1ccc(Br)c(Cl)c1Cl. The predicted octanol–water partition coefficient (Wildman–Crippen LogP) is 4.12. The Kier molecular flexibility index (Phi) is 5.73. The number of hydrogen-bond acceptors (Lipinski definition) is 2. The highest BCUT2D eigenvalue weighted by molar-refractivity contribution is 9.10. The first-order chi connectivity index (χ1) is 7.91. The van der Waals surface area contributed by atoms with Crippen LogP contribution in [0.2, 0.25) is 10.0 Å². The molecule has 0 saturated heterocycles. The van der Waals surface area contributed by atoms with Gasteiger partial charge in [-0.15, -0.1) is 0 Å². The summed E-state index contributed by atoms with van der Waals surface area (Å²) in [6, 6.07) is 3.39. The van der Waals surface area contributed by atoms with Crippen molar-refractivity contribution in [3.05, 3.63) is 26.7 Å². The molecule has 0 aromatic heterocycles. The summed E-state index contributed by atoms with van der Waals surface area (Å²) < 4.78 is 5.85. The molecule has 1 amide bonds. The zero-order valence-corrected chi connectivity index (χ0v) is 12.5. The summed E-state index contributed by atoms with van der Waals surface area (Å²) >= 11 is 15.2. The fourth-order valence-electron chi connectivity index (χ4n) is 1.05. The molecule has 1 aromatic rings. The Hall–Kier alpha value is -0.290. The monoisotopic (exact) mass is 339 g/mol. The van der Waals surface area contributed by atoms with E-state index in [0.29, 0.717) is 20.2 Å². The van der Waals surface area contributed by atoms with Crippen LogP contribution < -0.4 is 5.32 Å². The van der Waals surface area contributed by atoms with E-state index in [0.717, 1.165) is 0 Å². The second-order valence-corrected chi connectivity index (χ2v) is 5.24. The number of benzene rings is 1. The van der Waals surface area contributed by atoms with Crippen LogP contribution in [0.4, 0.5) is 5.69 Å². The van der Waals surface area contributed by atoms with Crippen LogP contribution in [0.15, 0.2) is 16.6 Å². The summed E-state index contributed by atoms with van der Waals surface area (Å²) in [5.74, 6) is -0.265. The molecule has 0 bridgehead atoms. The van der Waals surface area contributed by atoms with Crippen LogP contribution in [0.3, 0.4) is 0 Å². The summed E-state index contributed by atoms with van der Waals surface area (Å²) in [6.07, 6.45) is 0.00438. The molecule has 17 heavy (non-hydrogen) atoms. The molecule has 0 aliphatic rings. The van der Waals surface area contributed by atoms with E-state index in [1.165, 1.54) is 0 Å². The van der Waals surface area contributed by atoms with Crippen molar-refractivity contribution in [2.24, 2.45) is 0 Å². The minimum atomic E-state index is -0.265. The molecule has 0 aliphatic carbocycles. The molecule has 0 saturated carbocycles. The number of carbonyl (C=O) groups is 1. The van der Waals surface area contributed by atoms with Crippen molar-refractivity contribution in [3.63, 3.8) is 0 Å². The highest BCUT2D eigenvalue weighted by Crippen LogP contribution is 2.35. The van der Waals surface area contributed by atoms with Crippen molar-refractivity contribution in [2.45, 2.75) is 20.0 Å². The normalized spacial score (nSPS) is 10.7. The van der Waals surface area contributed by atoms with E-state index in [9.17, 15) is 4.79 Å². The second-order valence-electron chi connectivity index (χ2n) is 3.63. The lowest BCUT2D eigenvalue weighted by Gasteiger charge is -2.10. The molecule has 0 atom stereocenters. The first-order valence-electron chi connectivity index (χ1n) is 4.96. The van der Waals surface area contributed by atoms with Crippen LogP contribution in [0.1, 0.15) is 13.8 Å². The van der Waals surface area contributed by atoms with E-state index in [2.05, 4.69) is 21.2 Å². The average molecular weight is 341 g/mol. The van der Waals surface area contributed by atoms with Gasteiger partial charge in [0.2, 0.25) is 5.91 Å². The number of ether oxygens (including phenoxy) is 1. The maximum absolute atomic E-state index is 11.5. The first-order valence-corrected chi connectivity index (χ1v) is 6.51. The van der Waals surface area contributed by atoms with Crippen molar-refractivity contribution < 1.29 is 9.53 Å². The second kappa shape index (κ2) is 6.59. The largest absolute Gasteiger partial charge is 0.369 e. The summed E-state index contributed by atoms with van der Waals surface area (Å²) in [7, 11) is 0. The Balaban J connectivity index is 2.69. The van der Waals surface area contributed by atoms with Gasteiger partial charge >= 0.3 is 0 Å². The third-order valence-electron chi connectivity index (χ3n) is 1.86. The number of amides is 1. The lowest BCUT2D eigenvalue weighted by molar-refractivity contribution is -0.121. The number of rotatable bonds is 4. The summed E-state index contributed by atoms with van der Waals surface area (Å²) in [4.78, 5) is 11.5. The van der Waals surface area contributed by atoms with Gasteiger partial charge in [0.1, 0.15) is 6.61 Å². The standard InChI is InChI=1S/C11H12BrCl2NO2/c1-6(2)17-5-9(16)15-8-4-3-7(12)10(13)11(8)14/h3-4,6H,5H2,1-2H3,(H,15,16). The van der Waals surface area contributed by atoms with E-state index in [-0.39, 0.29) is 18.6 Å². The number of anilines is 1. The molecule has 3 nitrogen and oxygen atoms in total. The van der Waals surface area contributed by atoms with E-state index in [1.807, 2.05) is 13.8 Å². The topological polar surface area (TPSA) is 38.3 Å². The minimum Gasteiger partial charge on any atom is -0.369 e. The molecule has 0 fully saturated rings. The molecular weight excluding hydrogens is 329 g/mol. The van der Waals surface area contributed by atoms with Crippen LogP contribution in [-0.4, -0.2) is 18.6 Å². The van der Waals surface area contributed by atoms with Crippen LogP contribution in [0, 0.1) is 0 Å². The first kappa shape index (κ1) is 14.8. The fraction of sp³-hybridized carbons (Fsp3) is 0.364. The third kappa shape index (κ3) is 4.47. The molecule has 6 heteroatoms. The molecule has 1 rings (SSSR count). The molecule has 0 unspecified atom stereocenters. The van der Waals surface area contributed by atoms with Gasteiger partial charge in [-0.1, -0.05) is 23.2 Å². The van der Waals surface area contributed by atoms with Gasteiger partial charge in [0.05, 0.1) is 21.8 Å². The molecular formula is C11H12BrCl2NO2. The lowest BCUT2D eigenvalue weighted by atomic mass is 10.3. The maximum atomic E-state index is 11.5. The predicted molar refractivity (Wildman–Crippen MR) is 73.9 cm³/mol. The Bertz CT molecular complexity index is 424. The summed E-state index contributed by atoms with van der Waals surface area (Å²) in [5.41, 5.74) is 0.470. The maximum Gasteiger partial charge on any atom is 0.250 e. The molecule has 0 heterocycles. The zero-order chi connectivity index (χ0) is 13.0. The fourth-order valence-corrected chi connectivity index (χ4v) is 1.87. The van der Waals surface area contributed by atoms with Crippen molar-refractivity contribution in [1.29, 1.82) is 0 Å². The molecule has 0 aliphatic heterocycles. The van der Waals surface area contributed by atoms with E-state index < -0.39 is 0 Å².